The number of aromatic nitrogens is 4. The summed E-state index contributed by atoms with van der Waals surface area (Å²) in [5, 5.41) is 69.0. The largest absolute Gasteiger partial charge is 0.479 e. The highest BCUT2D eigenvalue weighted by Gasteiger charge is 2.85. The maximum absolute atomic E-state index is 14.4. The summed E-state index contributed by atoms with van der Waals surface area (Å²) < 4.78 is 21.7. The average Bonchev–Trinajstić information content (AvgIpc) is 1.45. The fourth-order valence-corrected chi connectivity index (χ4v) is 19.5. The highest BCUT2D eigenvalue weighted by Crippen LogP contribution is 2.90. The van der Waals surface area contributed by atoms with Crippen molar-refractivity contribution >= 4 is 97.6 Å². The molecule has 30 nitrogen and oxygen atoms in total. The molecule has 7 aliphatic rings. The zero-order valence-electron chi connectivity index (χ0n) is 60.2. The molecule has 11 N–H and O–H groups in total. The number of carboxylic acids is 2. The van der Waals surface area contributed by atoms with E-state index >= 15 is 0 Å². The van der Waals surface area contributed by atoms with Crippen LogP contribution in [-0.2, 0) is 80.3 Å². The lowest BCUT2D eigenvalue weighted by Crippen LogP contribution is -2.60. The third kappa shape index (κ3) is 14.6. The molecule has 31 heteroatoms. The lowest BCUT2D eigenvalue weighted by atomic mass is 9.39. The van der Waals surface area contributed by atoms with Crippen LogP contribution in [0.4, 0.5) is 21.4 Å². The Hall–Kier alpha value is -10.0. The number of ether oxygens (including phenoxy) is 3. The number of amides is 8. The maximum Gasteiger partial charge on any atom is 0.410 e. The molecule has 3 aliphatic heterocycles. The van der Waals surface area contributed by atoms with Gasteiger partial charge in [-0.25, -0.2) is 24.4 Å². The van der Waals surface area contributed by atoms with Gasteiger partial charge in [-0.1, -0.05) is 69.4 Å². The van der Waals surface area contributed by atoms with E-state index in [4.69, 9.17) is 30.0 Å². The van der Waals surface area contributed by atoms with Crippen molar-refractivity contribution in [2.24, 2.45) is 33.3 Å². The van der Waals surface area contributed by atoms with Crippen molar-refractivity contribution < 1.29 is 87.7 Å². The van der Waals surface area contributed by atoms with E-state index in [-0.39, 0.29) is 84.5 Å². The molecule has 1 spiro atoms. The molecule has 3 aromatic heterocycles. The van der Waals surface area contributed by atoms with Crippen LogP contribution in [0.5, 0.6) is 0 Å². The van der Waals surface area contributed by atoms with Crippen molar-refractivity contribution in [2.75, 3.05) is 48.3 Å². The summed E-state index contributed by atoms with van der Waals surface area (Å²) in [6.45, 7) is 11.7. The molecule has 3 aromatic carbocycles. The zero-order valence-corrected chi connectivity index (χ0v) is 61.0. The molecule has 6 heterocycles. The summed E-state index contributed by atoms with van der Waals surface area (Å²) in [4.78, 5) is 144. The van der Waals surface area contributed by atoms with E-state index in [9.17, 15) is 73.5 Å². The second kappa shape index (κ2) is 29.3. The third-order valence-corrected chi connectivity index (χ3v) is 24.1. The van der Waals surface area contributed by atoms with Gasteiger partial charge in [-0.2, -0.15) is 5.10 Å². The van der Waals surface area contributed by atoms with Crippen LogP contribution in [0.25, 0.3) is 21.3 Å². The molecular weight excluding hydrogens is 1400 g/mol. The number of aromatic carboxylic acids is 1. The van der Waals surface area contributed by atoms with Crippen molar-refractivity contribution in [2.45, 2.75) is 174 Å². The number of nitrogens with one attached hydrogen (secondary N) is 4. The number of aryl methyl sites for hydroxylation is 1. The first kappa shape index (κ1) is 75.2. The number of primary amides is 1. The van der Waals surface area contributed by atoms with Gasteiger partial charge in [-0.3, -0.25) is 48.5 Å². The number of aliphatic hydroxyl groups excluding tert-OH is 3. The number of fused-ring (bicyclic) bond motifs is 4. The number of pyridine rings is 1. The number of hydrogen-bond donors (Lipinski definition) is 10. The van der Waals surface area contributed by atoms with E-state index < -0.39 is 114 Å². The van der Waals surface area contributed by atoms with Gasteiger partial charge in [0.15, 0.2) is 16.9 Å². The summed E-state index contributed by atoms with van der Waals surface area (Å²) in [5.74, 6) is -7.38. The number of nitrogens with zero attached hydrogens (tertiary/aromatic N) is 7. The second-order valence-electron chi connectivity index (χ2n) is 30.8. The molecule has 5 fully saturated rings. The summed E-state index contributed by atoms with van der Waals surface area (Å²) in [6, 6.07) is 19.1. The van der Waals surface area contributed by atoms with Crippen molar-refractivity contribution in [1.82, 2.24) is 40.2 Å². The fraction of sp³-hybridized carbons (Fsp3) is 0.487. The number of benzene rings is 3. The van der Waals surface area contributed by atoms with E-state index in [1.807, 2.05) is 59.0 Å². The van der Waals surface area contributed by atoms with E-state index in [0.717, 1.165) is 71.3 Å². The van der Waals surface area contributed by atoms with Crippen molar-refractivity contribution in [3.8, 4) is 11.1 Å². The molecule has 4 saturated carbocycles. The molecule has 3 bridgehead atoms. The van der Waals surface area contributed by atoms with Gasteiger partial charge in [0, 0.05) is 79.4 Å². The van der Waals surface area contributed by atoms with E-state index in [1.54, 1.807) is 38.2 Å². The average molecular weight is 1490 g/mol. The topological polar surface area (TPSA) is 427 Å². The predicted octanol–water partition coefficient (Wildman–Crippen LogP) is 5.40. The van der Waals surface area contributed by atoms with E-state index in [0.29, 0.717) is 76.1 Å². The number of nitrogens with two attached hydrogens (primary N) is 1. The van der Waals surface area contributed by atoms with Gasteiger partial charge in [-0.05, 0) is 164 Å². The smallest absolute Gasteiger partial charge is 0.410 e. The fourth-order valence-electron chi connectivity index (χ4n) is 18.6. The number of carbonyl (C=O) groups excluding carboxylic acids is 8. The Bertz CT molecular complexity index is 4590. The Morgan fingerprint density at radius 2 is 1.58 bits per heavy atom. The minimum atomic E-state index is -1.94. The number of hydrogen-bond acceptors (Lipinski definition) is 21. The second-order valence-corrected chi connectivity index (χ2v) is 31.9. The van der Waals surface area contributed by atoms with Crippen molar-refractivity contribution in [3.63, 3.8) is 0 Å². The molecule has 566 valence electrons. The van der Waals surface area contributed by atoms with Crippen molar-refractivity contribution in [1.29, 1.82) is 0 Å². The maximum atomic E-state index is 14.4. The molecule has 5 unspecified atom stereocenters. The minimum absolute atomic E-state index is 0.00223. The van der Waals surface area contributed by atoms with Gasteiger partial charge in [0.2, 0.25) is 23.6 Å². The normalized spacial score (nSPS) is 26.5. The molecular formula is C76H88N12O18S. The first-order chi connectivity index (χ1) is 50.8. The number of para-hydroxylation sites is 1. The Balaban J connectivity index is 0.678. The van der Waals surface area contributed by atoms with Crippen LogP contribution < -0.4 is 31.9 Å². The first-order valence-corrected chi connectivity index (χ1v) is 36.7. The van der Waals surface area contributed by atoms with Gasteiger partial charge in [0.05, 0.1) is 34.7 Å². The van der Waals surface area contributed by atoms with Crippen LogP contribution in [0, 0.1) is 34.5 Å². The Labute approximate surface area is 619 Å². The highest BCUT2D eigenvalue weighted by atomic mass is 32.1. The van der Waals surface area contributed by atoms with E-state index in [2.05, 4.69) is 40.1 Å². The predicted molar refractivity (Wildman–Crippen MR) is 387 cm³/mol. The number of carbonyl (C=O) groups is 10. The van der Waals surface area contributed by atoms with Crippen LogP contribution in [0.2, 0.25) is 0 Å². The van der Waals surface area contributed by atoms with Gasteiger partial charge in [-0.15, -0.1) is 0 Å². The lowest BCUT2D eigenvalue weighted by Gasteiger charge is -2.65. The summed E-state index contributed by atoms with van der Waals surface area (Å²) in [5.41, 5.74) is 10.4. The standard InChI is InChI=1S/C76H88N12O18S/c1-40(2)59(83-56(90)31-87-57(91)20-21-58(87)92)67(98)79-41(3)65(96)80-46-16-14-45(44(28-46)15-18-52-61(93)62(94)63(95)64(106-52)69(101)102)32-104-71(103)85(25-23-54(77)89)26-27-105-75-34-72(5)33-73(6)36-74(37-75,76(73,35-72)38-75)39-88-42(4)49(29-78-88)47-17-19-55(82-60(47)68(99)100)86-24-22-43-10-9-11-48(50(43)30-86)66(97)84-70-81-51-12-7-8-13-53(51)107-70/h7-14,16-17,19-21,28-29,40-41,52,59,61-64,93-95H,15,18,22-27,30-39H2,1-6H3,(H2,77,89)(H,79,98)(H,80,96)(H,83,90)(H,99,100)(H,101,102)(H,81,84,97)/t41-,52-,59-,61-,62+,63-,64-,72?,73?,74?,75?,76?/m0/s1. The monoisotopic (exact) mass is 1490 g/mol. The molecule has 0 radical (unpaired) electrons. The van der Waals surface area contributed by atoms with E-state index in [1.165, 1.54) is 35.3 Å². The van der Waals surface area contributed by atoms with Gasteiger partial charge < -0.3 is 71.2 Å². The Morgan fingerprint density at radius 3 is 2.31 bits per heavy atom. The molecule has 6 aromatic rings. The zero-order chi connectivity index (χ0) is 76.4. The summed E-state index contributed by atoms with van der Waals surface area (Å²) in [6.07, 6.45) is -0.467. The lowest BCUT2D eigenvalue weighted by molar-refractivity contribution is -0.228. The molecule has 8 amide bonds. The van der Waals surface area contributed by atoms with Gasteiger partial charge in [0.1, 0.15) is 49.4 Å². The third-order valence-electron chi connectivity index (χ3n) is 23.1. The van der Waals surface area contributed by atoms with Crippen LogP contribution >= 0.6 is 11.3 Å². The number of aliphatic hydroxyl groups is 3. The highest BCUT2D eigenvalue weighted by molar-refractivity contribution is 7.22. The molecule has 1 saturated heterocycles. The number of anilines is 3. The van der Waals surface area contributed by atoms with Crippen LogP contribution in [0.15, 0.2) is 91.1 Å². The number of rotatable bonds is 28. The van der Waals surface area contributed by atoms with Gasteiger partial charge in [0.25, 0.3) is 17.7 Å². The van der Waals surface area contributed by atoms with Crippen LogP contribution in [-0.4, -0.2) is 195 Å². The number of carboxylic acid groups (broad SMARTS) is 2. The molecule has 13 rings (SSSR count). The SMILES string of the molecule is Cc1c(-c2ccc(N3CCc4cccc(C(=O)Nc5nc6ccccc6s5)c4C3)nc2C(=O)O)cnn1CC12CC3(OCCN(CCC(N)=O)C(=O)OCc4ccc(NC(=O)[C@H](C)NC(=O)[C@@H](NC(=O)CN5C(=O)C=CC5=O)C(C)C)cc4CC[C@@H]4O[C@H](C(=O)O)[C@@H](O)[C@H](O)[C@H]4O)CC4(C)CC(C)(C1)C2(C4)C3. The summed E-state index contributed by atoms with van der Waals surface area (Å²) >= 11 is 1.39. The summed E-state index contributed by atoms with van der Waals surface area (Å²) in [7, 11) is 0. The molecule has 12 atom stereocenters. The Morgan fingerprint density at radius 1 is 0.813 bits per heavy atom. The quantitative estimate of drug-likeness (QED) is 0.0275. The van der Waals surface area contributed by atoms with Gasteiger partial charge >= 0.3 is 18.0 Å². The number of imide groups is 1. The minimum Gasteiger partial charge on any atom is -0.479 e. The number of aliphatic carboxylic acids is 1. The first-order valence-electron chi connectivity index (χ1n) is 35.9. The van der Waals surface area contributed by atoms with Crippen LogP contribution in [0.1, 0.15) is 135 Å². The molecule has 4 aliphatic carbocycles. The Kier molecular flexibility index (Phi) is 20.6. The number of thiazole rings is 1. The molecule has 107 heavy (non-hydrogen) atoms. The van der Waals surface area contributed by atoms with Crippen LogP contribution in [0.3, 0.4) is 0 Å². The van der Waals surface area contributed by atoms with Crippen molar-refractivity contribution in [3.05, 3.63) is 130 Å².